The van der Waals surface area contributed by atoms with Crippen LogP contribution in [0.1, 0.15) is 56.9 Å². The molecule has 0 radical (unpaired) electrons. The molecular formula is C15H25N3O5S. The molecular weight excluding hydrogens is 334 g/mol. The monoisotopic (exact) mass is 359 g/mol. The number of hydrogen-bond acceptors (Lipinski definition) is 7. The zero-order valence-corrected chi connectivity index (χ0v) is 15.0. The van der Waals surface area contributed by atoms with E-state index in [-0.39, 0.29) is 24.3 Å². The third-order valence-electron chi connectivity index (χ3n) is 4.32. The van der Waals surface area contributed by atoms with Gasteiger partial charge in [0.1, 0.15) is 6.10 Å². The Morgan fingerprint density at radius 1 is 1.21 bits per heavy atom. The van der Waals surface area contributed by atoms with E-state index in [2.05, 4.69) is 10.2 Å². The number of sulfonamides is 1. The van der Waals surface area contributed by atoms with Crippen LogP contribution in [0.15, 0.2) is 4.42 Å². The third-order valence-corrected chi connectivity index (χ3v) is 6.23. The summed E-state index contributed by atoms with van der Waals surface area (Å²) in [5.41, 5.74) is 0. The van der Waals surface area contributed by atoms with Crippen LogP contribution >= 0.6 is 0 Å². The lowest BCUT2D eigenvalue weighted by Crippen LogP contribution is -2.45. The van der Waals surface area contributed by atoms with Gasteiger partial charge in [-0.15, -0.1) is 10.2 Å². The van der Waals surface area contributed by atoms with Crippen LogP contribution in [-0.2, 0) is 19.5 Å². The van der Waals surface area contributed by atoms with E-state index >= 15 is 0 Å². The molecule has 2 fully saturated rings. The number of morpholine rings is 1. The lowest BCUT2D eigenvalue weighted by atomic mass is 10.1. The summed E-state index contributed by atoms with van der Waals surface area (Å²) >= 11 is 0. The van der Waals surface area contributed by atoms with Crippen LogP contribution in [0.3, 0.4) is 0 Å². The Hall–Kier alpha value is -1.03. The number of rotatable bonds is 5. The van der Waals surface area contributed by atoms with Crippen LogP contribution in [0.5, 0.6) is 0 Å². The van der Waals surface area contributed by atoms with E-state index in [1.807, 2.05) is 13.8 Å². The Bertz CT molecular complexity index is 639. The van der Waals surface area contributed by atoms with Crippen molar-refractivity contribution in [3.8, 4) is 0 Å². The van der Waals surface area contributed by atoms with Crippen molar-refractivity contribution in [2.75, 3.05) is 32.1 Å². The molecule has 0 bridgehead atoms. The van der Waals surface area contributed by atoms with Crippen LogP contribution < -0.4 is 0 Å². The fourth-order valence-electron chi connectivity index (χ4n) is 2.92. The fourth-order valence-corrected chi connectivity index (χ4v) is 4.58. The molecule has 2 saturated heterocycles. The van der Waals surface area contributed by atoms with Crippen molar-refractivity contribution in [2.45, 2.75) is 51.2 Å². The van der Waals surface area contributed by atoms with Crippen molar-refractivity contribution in [3.63, 3.8) is 0 Å². The van der Waals surface area contributed by atoms with Gasteiger partial charge in [0.05, 0.1) is 18.5 Å². The van der Waals surface area contributed by atoms with Crippen LogP contribution in [0, 0.1) is 0 Å². The summed E-state index contributed by atoms with van der Waals surface area (Å²) in [6, 6.07) is 0. The summed E-state index contributed by atoms with van der Waals surface area (Å²) in [6.45, 7) is 5.42. The van der Waals surface area contributed by atoms with Crippen LogP contribution in [0.2, 0.25) is 0 Å². The average molecular weight is 359 g/mol. The summed E-state index contributed by atoms with van der Waals surface area (Å²) in [7, 11) is -3.39. The maximum atomic E-state index is 12.7. The largest absolute Gasteiger partial charge is 0.422 e. The molecule has 3 rings (SSSR count). The maximum Gasteiger partial charge on any atom is 0.246 e. The van der Waals surface area contributed by atoms with E-state index < -0.39 is 16.1 Å². The highest BCUT2D eigenvalue weighted by Gasteiger charge is 2.35. The molecule has 0 aromatic carbocycles. The van der Waals surface area contributed by atoms with E-state index in [1.54, 1.807) is 0 Å². The number of nitrogens with zero attached hydrogens (tertiary/aromatic N) is 3. The fraction of sp³-hybridized carbons (Fsp3) is 0.867. The van der Waals surface area contributed by atoms with Gasteiger partial charge in [-0.2, -0.15) is 4.31 Å². The first-order chi connectivity index (χ1) is 11.5. The van der Waals surface area contributed by atoms with Crippen LogP contribution in [0.25, 0.3) is 0 Å². The molecule has 0 saturated carbocycles. The van der Waals surface area contributed by atoms with Crippen molar-refractivity contribution < 1.29 is 22.3 Å². The molecule has 2 atom stereocenters. The van der Waals surface area contributed by atoms with Crippen LogP contribution in [-0.4, -0.2) is 61.1 Å². The Kier molecular flexibility index (Phi) is 5.53. The van der Waals surface area contributed by atoms with Gasteiger partial charge < -0.3 is 13.9 Å². The highest BCUT2D eigenvalue weighted by atomic mass is 32.2. The summed E-state index contributed by atoms with van der Waals surface area (Å²) in [4.78, 5) is 0. The lowest BCUT2D eigenvalue weighted by molar-refractivity contribution is -0.0189. The summed E-state index contributed by atoms with van der Waals surface area (Å²) < 4.78 is 43.6. The first-order valence-electron chi connectivity index (χ1n) is 8.50. The van der Waals surface area contributed by atoms with Gasteiger partial charge >= 0.3 is 0 Å². The number of aromatic nitrogens is 2. The summed E-state index contributed by atoms with van der Waals surface area (Å²) in [6.07, 6.45) is 2.10. The second-order valence-corrected chi connectivity index (χ2v) is 8.63. The second-order valence-electron chi connectivity index (χ2n) is 6.62. The molecule has 0 amide bonds. The standard InChI is InChI=1S/C15H25N3O5S/c1-11(2)14-16-17-15(23-14)13-9-18(6-8-22-13)24(19,20)10-12-5-3-4-7-21-12/h11-13H,3-10H2,1-2H3/t12-,13+/m0/s1. The quantitative estimate of drug-likeness (QED) is 0.785. The highest BCUT2D eigenvalue weighted by molar-refractivity contribution is 7.89. The molecule has 136 valence electrons. The van der Waals surface area contributed by atoms with Crippen LogP contribution in [0.4, 0.5) is 0 Å². The smallest absolute Gasteiger partial charge is 0.246 e. The molecule has 0 aliphatic carbocycles. The Labute approximate surface area is 142 Å². The van der Waals surface area contributed by atoms with Gasteiger partial charge in [0.2, 0.25) is 21.8 Å². The lowest BCUT2D eigenvalue weighted by Gasteiger charge is -2.32. The summed E-state index contributed by atoms with van der Waals surface area (Å²) in [5.74, 6) is 1.02. The normalized spacial score (nSPS) is 26.8. The molecule has 1 aromatic heterocycles. The topological polar surface area (TPSA) is 94.8 Å². The molecule has 0 unspecified atom stereocenters. The molecule has 3 heterocycles. The molecule has 2 aliphatic rings. The molecule has 2 aliphatic heterocycles. The third kappa shape index (κ3) is 4.14. The number of hydrogen-bond donors (Lipinski definition) is 0. The van der Waals surface area contributed by atoms with Gasteiger partial charge in [0.15, 0.2) is 0 Å². The van der Waals surface area contributed by atoms with Crippen molar-refractivity contribution in [1.29, 1.82) is 0 Å². The van der Waals surface area contributed by atoms with Gasteiger partial charge in [0.25, 0.3) is 0 Å². The van der Waals surface area contributed by atoms with Gasteiger partial charge in [-0.1, -0.05) is 13.8 Å². The predicted octanol–water partition coefficient (Wildman–Crippen LogP) is 1.47. The first kappa shape index (κ1) is 17.8. The minimum Gasteiger partial charge on any atom is -0.422 e. The van der Waals surface area contributed by atoms with Gasteiger partial charge in [0, 0.05) is 25.6 Å². The first-order valence-corrected chi connectivity index (χ1v) is 10.1. The van der Waals surface area contributed by atoms with E-state index in [1.165, 1.54) is 4.31 Å². The van der Waals surface area contributed by atoms with Crippen molar-refractivity contribution in [3.05, 3.63) is 11.8 Å². The van der Waals surface area contributed by atoms with Crippen molar-refractivity contribution in [2.24, 2.45) is 0 Å². The molecule has 8 nitrogen and oxygen atoms in total. The molecule has 9 heteroatoms. The Morgan fingerprint density at radius 2 is 2.04 bits per heavy atom. The van der Waals surface area contributed by atoms with Gasteiger partial charge in [-0.05, 0) is 19.3 Å². The summed E-state index contributed by atoms with van der Waals surface area (Å²) in [5, 5.41) is 7.99. The SMILES string of the molecule is CC(C)c1nnc([C@H]2CN(S(=O)(=O)C[C@@H]3CCCCO3)CCO2)o1. The maximum absolute atomic E-state index is 12.7. The molecule has 24 heavy (non-hydrogen) atoms. The van der Waals surface area contributed by atoms with Gasteiger partial charge in [-0.3, -0.25) is 0 Å². The second kappa shape index (κ2) is 7.47. The molecule has 0 spiro atoms. The molecule has 1 aromatic rings. The molecule has 0 N–H and O–H groups in total. The number of ether oxygens (including phenoxy) is 2. The zero-order valence-electron chi connectivity index (χ0n) is 14.2. The van der Waals surface area contributed by atoms with E-state index in [9.17, 15) is 8.42 Å². The van der Waals surface area contributed by atoms with E-state index in [0.29, 0.717) is 31.5 Å². The van der Waals surface area contributed by atoms with Gasteiger partial charge in [-0.25, -0.2) is 8.42 Å². The van der Waals surface area contributed by atoms with E-state index in [4.69, 9.17) is 13.9 Å². The minimum absolute atomic E-state index is 0.0286. The highest BCUT2D eigenvalue weighted by Crippen LogP contribution is 2.26. The zero-order chi connectivity index (χ0) is 17.2. The van der Waals surface area contributed by atoms with E-state index in [0.717, 1.165) is 19.3 Å². The predicted molar refractivity (Wildman–Crippen MR) is 86.0 cm³/mol. The van der Waals surface area contributed by atoms with Crippen molar-refractivity contribution in [1.82, 2.24) is 14.5 Å². The Morgan fingerprint density at radius 3 is 2.71 bits per heavy atom. The average Bonchev–Trinajstić information content (AvgIpc) is 3.06. The minimum atomic E-state index is -3.39. The van der Waals surface area contributed by atoms with Crippen molar-refractivity contribution >= 4 is 10.0 Å². The Balaban J connectivity index is 1.65.